The monoisotopic (exact) mass is 385 g/mol. The fourth-order valence-electron chi connectivity index (χ4n) is 3.74. The molecular weight excluding hydrogens is 365 g/mol. The van der Waals surface area contributed by atoms with Crippen molar-refractivity contribution in [2.24, 2.45) is 0 Å². The molecule has 1 atom stereocenters. The zero-order valence-electron chi connectivity index (χ0n) is 15.1. The number of carbonyl (C=O) groups excluding carboxylic acids is 1. The van der Waals surface area contributed by atoms with Crippen LogP contribution in [0.1, 0.15) is 50.2 Å². The van der Waals surface area contributed by atoms with E-state index in [1.54, 1.807) is 18.2 Å². The Labute approximate surface area is 160 Å². The predicted octanol–water partition coefficient (Wildman–Crippen LogP) is 3.97. The van der Waals surface area contributed by atoms with Crippen LogP contribution in [0.25, 0.3) is 0 Å². The molecule has 0 saturated carbocycles. The van der Waals surface area contributed by atoms with Gasteiger partial charge in [0.05, 0.1) is 11.5 Å². The van der Waals surface area contributed by atoms with Crippen molar-refractivity contribution < 1.29 is 9.18 Å². The predicted molar refractivity (Wildman–Crippen MR) is 104 cm³/mol. The van der Waals surface area contributed by atoms with Gasteiger partial charge in [0.2, 0.25) is 0 Å². The number of anilines is 1. The molecule has 1 aliphatic carbocycles. The molecule has 0 spiro atoms. The Morgan fingerprint density at radius 1 is 1.22 bits per heavy atom. The van der Waals surface area contributed by atoms with Crippen molar-refractivity contribution in [2.45, 2.75) is 49.4 Å². The highest BCUT2D eigenvalue weighted by Gasteiger charge is 2.38. The van der Waals surface area contributed by atoms with E-state index >= 15 is 0 Å². The van der Waals surface area contributed by atoms with Crippen molar-refractivity contribution >= 4 is 23.4 Å². The quantitative estimate of drug-likeness (QED) is 0.618. The molecule has 1 aromatic carbocycles. The molecule has 5 nitrogen and oxygen atoms in total. The SMILES string of the molecule is CC(C)Sc1nc2c(c(=O)[nH]1)C(c1ccccc1F)C1=C(CCCC1=O)N2. The molecule has 0 bridgehead atoms. The minimum Gasteiger partial charge on any atom is -0.343 e. The van der Waals surface area contributed by atoms with Gasteiger partial charge in [-0.25, -0.2) is 9.37 Å². The van der Waals surface area contributed by atoms with E-state index in [9.17, 15) is 14.0 Å². The van der Waals surface area contributed by atoms with E-state index in [0.717, 1.165) is 12.1 Å². The third kappa shape index (κ3) is 3.20. The van der Waals surface area contributed by atoms with Crippen LogP contribution in [0.5, 0.6) is 0 Å². The second-order valence-corrected chi connectivity index (χ2v) is 8.61. The maximum Gasteiger partial charge on any atom is 0.257 e. The zero-order chi connectivity index (χ0) is 19.1. The summed E-state index contributed by atoms with van der Waals surface area (Å²) >= 11 is 1.45. The standard InChI is InChI=1S/C20H20FN3O2S/c1-10(2)27-20-23-18-17(19(26)24-20)15(11-6-3-4-7-12(11)21)16-13(22-18)8-5-9-14(16)25/h3-4,6-7,10,15H,5,8-9H2,1-2H3,(H2,22,23,24,26). The summed E-state index contributed by atoms with van der Waals surface area (Å²) in [6.45, 7) is 4.03. The molecule has 2 aliphatic rings. The van der Waals surface area contributed by atoms with E-state index in [-0.39, 0.29) is 16.6 Å². The number of nitrogens with zero attached hydrogens (tertiary/aromatic N) is 1. The lowest BCUT2D eigenvalue weighted by molar-refractivity contribution is -0.116. The summed E-state index contributed by atoms with van der Waals surface area (Å²) in [5, 5.41) is 3.96. The average molecular weight is 385 g/mol. The maximum absolute atomic E-state index is 14.6. The van der Waals surface area contributed by atoms with Crippen molar-refractivity contribution in [1.29, 1.82) is 0 Å². The Morgan fingerprint density at radius 2 is 2.00 bits per heavy atom. The average Bonchev–Trinajstić information content (AvgIpc) is 2.60. The number of allylic oxidation sites excluding steroid dienone is 2. The third-order valence-corrected chi connectivity index (χ3v) is 5.69. The molecular formula is C20H20FN3O2S. The number of thioether (sulfide) groups is 1. The van der Waals surface area contributed by atoms with Crippen LogP contribution in [0.3, 0.4) is 0 Å². The van der Waals surface area contributed by atoms with Gasteiger partial charge in [-0.1, -0.05) is 43.8 Å². The molecule has 140 valence electrons. The molecule has 27 heavy (non-hydrogen) atoms. The first-order valence-corrected chi connectivity index (χ1v) is 9.92. The van der Waals surface area contributed by atoms with Gasteiger partial charge in [-0.15, -0.1) is 0 Å². The molecule has 0 amide bonds. The summed E-state index contributed by atoms with van der Waals surface area (Å²) in [7, 11) is 0. The molecule has 2 N–H and O–H groups in total. The van der Waals surface area contributed by atoms with E-state index in [2.05, 4.69) is 15.3 Å². The number of aromatic nitrogens is 2. The summed E-state index contributed by atoms with van der Waals surface area (Å²) < 4.78 is 14.6. The van der Waals surface area contributed by atoms with Gasteiger partial charge in [0.1, 0.15) is 11.6 Å². The van der Waals surface area contributed by atoms with E-state index in [1.165, 1.54) is 17.8 Å². The molecule has 0 fully saturated rings. The summed E-state index contributed by atoms with van der Waals surface area (Å²) in [6, 6.07) is 6.31. The van der Waals surface area contributed by atoms with Crippen LogP contribution in [0, 0.1) is 5.82 Å². The molecule has 4 rings (SSSR count). The number of hydrogen-bond donors (Lipinski definition) is 2. The van der Waals surface area contributed by atoms with Crippen LogP contribution in [0.2, 0.25) is 0 Å². The maximum atomic E-state index is 14.6. The minimum absolute atomic E-state index is 0.0392. The number of halogens is 1. The minimum atomic E-state index is -0.736. The fourth-order valence-corrected chi connectivity index (χ4v) is 4.48. The number of benzene rings is 1. The first-order chi connectivity index (χ1) is 13.0. The van der Waals surface area contributed by atoms with E-state index < -0.39 is 11.7 Å². The molecule has 2 aromatic rings. The fraction of sp³-hybridized carbons (Fsp3) is 0.350. The topological polar surface area (TPSA) is 74.8 Å². The normalized spacial score (nSPS) is 19.0. The highest BCUT2D eigenvalue weighted by atomic mass is 32.2. The third-order valence-electron chi connectivity index (χ3n) is 4.80. The summed E-state index contributed by atoms with van der Waals surface area (Å²) in [6.07, 6.45) is 1.83. The van der Waals surface area contributed by atoms with Gasteiger partial charge in [0, 0.05) is 28.5 Å². The summed E-state index contributed by atoms with van der Waals surface area (Å²) in [5.41, 5.74) is 1.55. The number of Topliss-reactive ketones (excluding diaryl/α,β-unsaturated/α-hetero) is 1. The second kappa shape index (κ2) is 6.96. The molecule has 7 heteroatoms. The second-order valence-electron chi connectivity index (χ2n) is 7.05. The smallest absolute Gasteiger partial charge is 0.257 e. The molecule has 2 heterocycles. The first kappa shape index (κ1) is 18.0. The first-order valence-electron chi connectivity index (χ1n) is 9.04. The van der Waals surface area contributed by atoms with Gasteiger partial charge in [-0.3, -0.25) is 9.59 Å². The van der Waals surface area contributed by atoms with Gasteiger partial charge in [0.25, 0.3) is 5.56 Å². The van der Waals surface area contributed by atoms with Gasteiger partial charge >= 0.3 is 0 Å². The van der Waals surface area contributed by atoms with Gasteiger partial charge in [-0.05, 0) is 18.9 Å². The Balaban J connectivity index is 1.95. The van der Waals surface area contributed by atoms with Crippen molar-refractivity contribution in [3.05, 3.63) is 62.8 Å². The highest BCUT2D eigenvalue weighted by molar-refractivity contribution is 7.99. The lowest BCUT2D eigenvalue weighted by Gasteiger charge is -2.32. The van der Waals surface area contributed by atoms with Crippen molar-refractivity contribution in [2.75, 3.05) is 5.32 Å². The van der Waals surface area contributed by atoms with E-state index in [0.29, 0.717) is 40.5 Å². The Kier molecular flexibility index (Phi) is 4.63. The molecule has 0 radical (unpaired) electrons. The van der Waals surface area contributed by atoms with Crippen LogP contribution in [0.4, 0.5) is 10.2 Å². The van der Waals surface area contributed by atoms with Crippen LogP contribution >= 0.6 is 11.8 Å². The van der Waals surface area contributed by atoms with Gasteiger partial charge in [-0.2, -0.15) is 0 Å². The number of ketones is 1. The van der Waals surface area contributed by atoms with Crippen LogP contribution in [0.15, 0.2) is 45.5 Å². The summed E-state index contributed by atoms with van der Waals surface area (Å²) in [4.78, 5) is 33.0. The van der Waals surface area contributed by atoms with E-state index in [4.69, 9.17) is 0 Å². The number of rotatable bonds is 3. The number of hydrogen-bond acceptors (Lipinski definition) is 5. The largest absolute Gasteiger partial charge is 0.343 e. The van der Waals surface area contributed by atoms with Gasteiger partial charge < -0.3 is 10.3 Å². The van der Waals surface area contributed by atoms with Crippen molar-refractivity contribution in [1.82, 2.24) is 9.97 Å². The molecule has 1 unspecified atom stereocenters. The Hall–Kier alpha value is -2.41. The van der Waals surface area contributed by atoms with Crippen LogP contribution in [-0.4, -0.2) is 21.0 Å². The molecule has 1 aromatic heterocycles. The van der Waals surface area contributed by atoms with Crippen LogP contribution < -0.4 is 10.9 Å². The van der Waals surface area contributed by atoms with E-state index in [1.807, 2.05) is 13.8 Å². The number of nitrogens with one attached hydrogen (secondary N) is 2. The Morgan fingerprint density at radius 3 is 2.74 bits per heavy atom. The molecule has 0 saturated heterocycles. The number of H-pyrrole nitrogens is 1. The Bertz CT molecular complexity index is 1010. The number of fused-ring (bicyclic) bond motifs is 1. The van der Waals surface area contributed by atoms with Crippen molar-refractivity contribution in [3.63, 3.8) is 0 Å². The zero-order valence-corrected chi connectivity index (χ0v) is 16.0. The highest BCUT2D eigenvalue weighted by Crippen LogP contribution is 2.44. The van der Waals surface area contributed by atoms with Gasteiger partial charge in [0.15, 0.2) is 10.9 Å². The molecule has 1 aliphatic heterocycles. The van der Waals surface area contributed by atoms with Crippen LogP contribution in [-0.2, 0) is 4.79 Å². The van der Waals surface area contributed by atoms with Crippen molar-refractivity contribution in [3.8, 4) is 0 Å². The lowest BCUT2D eigenvalue weighted by atomic mass is 9.76. The number of aromatic amines is 1. The lowest BCUT2D eigenvalue weighted by Crippen LogP contribution is -2.33. The summed E-state index contributed by atoms with van der Waals surface area (Å²) in [5.74, 6) is -0.786. The number of carbonyl (C=O) groups is 1.